The molecule has 0 unspecified atom stereocenters. The Morgan fingerprint density at radius 2 is 1.56 bits per heavy atom. The van der Waals surface area contributed by atoms with Crippen LogP contribution in [0.15, 0.2) is 0 Å². The molecule has 96 valence electrons. The van der Waals surface area contributed by atoms with Gasteiger partial charge in [0.15, 0.2) is 6.29 Å². The first-order chi connectivity index (χ1) is 7.31. The minimum absolute atomic E-state index is 0.526. The molecular formula is C8H16O8. The number of ether oxygens (including phenoxy) is 1. The summed E-state index contributed by atoms with van der Waals surface area (Å²) in [5.41, 5.74) is 0. The van der Waals surface area contributed by atoms with Gasteiger partial charge < -0.3 is 35.4 Å². The quantitative estimate of drug-likeness (QED) is 0.282. The van der Waals surface area contributed by atoms with Gasteiger partial charge in [-0.25, -0.2) is 0 Å². The molecule has 0 aromatic carbocycles. The minimum atomic E-state index is -1.57. The average Bonchev–Trinajstić information content (AvgIpc) is 2.19. The molecule has 1 aliphatic heterocycles. The smallest absolute Gasteiger partial charge is 0.300 e. The highest BCUT2D eigenvalue weighted by Gasteiger charge is 2.42. The third kappa shape index (κ3) is 4.39. The van der Waals surface area contributed by atoms with E-state index in [1.54, 1.807) is 0 Å². The van der Waals surface area contributed by atoms with E-state index in [4.69, 9.17) is 35.4 Å². The van der Waals surface area contributed by atoms with Gasteiger partial charge in [-0.15, -0.1) is 0 Å². The number of carbonyl (C=O) groups is 1. The van der Waals surface area contributed by atoms with Crippen molar-refractivity contribution < 1.29 is 40.2 Å². The molecule has 1 fully saturated rings. The molecule has 16 heavy (non-hydrogen) atoms. The van der Waals surface area contributed by atoms with Gasteiger partial charge in [-0.2, -0.15) is 0 Å². The molecule has 1 saturated heterocycles. The van der Waals surface area contributed by atoms with Crippen LogP contribution in [0.2, 0.25) is 0 Å². The van der Waals surface area contributed by atoms with Crippen LogP contribution in [-0.2, 0) is 9.53 Å². The molecule has 0 saturated carbocycles. The first kappa shape index (κ1) is 15.2. The van der Waals surface area contributed by atoms with E-state index in [9.17, 15) is 0 Å². The van der Waals surface area contributed by atoms with E-state index in [0.717, 1.165) is 6.92 Å². The number of carboxylic acid groups (broad SMARTS) is 1. The van der Waals surface area contributed by atoms with Crippen LogP contribution in [0.1, 0.15) is 6.92 Å². The van der Waals surface area contributed by atoms with Crippen molar-refractivity contribution in [2.75, 3.05) is 6.61 Å². The molecule has 0 radical (unpaired) electrons. The zero-order valence-corrected chi connectivity index (χ0v) is 8.59. The molecule has 0 bridgehead atoms. The summed E-state index contributed by atoms with van der Waals surface area (Å²) < 4.78 is 4.58. The summed E-state index contributed by atoms with van der Waals surface area (Å²) >= 11 is 0. The van der Waals surface area contributed by atoms with E-state index in [0.29, 0.717) is 0 Å². The number of aliphatic hydroxyl groups excluding tert-OH is 5. The number of hydrogen-bond acceptors (Lipinski definition) is 7. The van der Waals surface area contributed by atoms with Crippen molar-refractivity contribution in [3.63, 3.8) is 0 Å². The second-order valence-corrected chi connectivity index (χ2v) is 3.24. The molecule has 1 aliphatic rings. The van der Waals surface area contributed by atoms with E-state index in [2.05, 4.69) is 4.74 Å². The first-order valence-corrected chi connectivity index (χ1v) is 4.49. The summed E-state index contributed by atoms with van der Waals surface area (Å²) in [4.78, 5) is 9.00. The minimum Gasteiger partial charge on any atom is -0.481 e. The largest absolute Gasteiger partial charge is 0.481 e. The first-order valence-electron chi connectivity index (χ1n) is 4.49. The topological polar surface area (TPSA) is 148 Å². The van der Waals surface area contributed by atoms with Gasteiger partial charge in [0, 0.05) is 6.92 Å². The van der Waals surface area contributed by atoms with Gasteiger partial charge in [0.2, 0.25) is 0 Å². The molecular weight excluding hydrogens is 224 g/mol. The number of aliphatic hydroxyl groups is 5. The summed E-state index contributed by atoms with van der Waals surface area (Å²) in [5.74, 6) is -0.833. The van der Waals surface area contributed by atoms with E-state index in [1.165, 1.54) is 0 Å². The Morgan fingerprint density at radius 1 is 1.12 bits per heavy atom. The molecule has 0 spiro atoms. The van der Waals surface area contributed by atoms with Crippen LogP contribution in [0.25, 0.3) is 0 Å². The van der Waals surface area contributed by atoms with Gasteiger partial charge in [0.25, 0.3) is 5.97 Å². The van der Waals surface area contributed by atoms with Crippen molar-refractivity contribution in [1.29, 1.82) is 0 Å². The Bertz CT molecular complexity index is 211. The van der Waals surface area contributed by atoms with Gasteiger partial charge >= 0.3 is 0 Å². The maximum Gasteiger partial charge on any atom is 0.300 e. The van der Waals surface area contributed by atoms with Crippen molar-refractivity contribution in [3.8, 4) is 0 Å². The SMILES string of the molecule is CC(=O)O.OC[C@H]1O[C@H](O)[C@H](O)[C@@H](O)[C@H]1O. The van der Waals surface area contributed by atoms with Gasteiger partial charge in [0.05, 0.1) is 6.61 Å². The second-order valence-electron chi connectivity index (χ2n) is 3.24. The fourth-order valence-electron chi connectivity index (χ4n) is 1.08. The third-order valence-electron chi connectivity index (χ3n) is 1.87. The van der Waals surface area contributed by atoms with Crippen LogP contribution < -0.4 is 0 Å². The highest BCUT2D eigenvalue weighted by molar-refractivity contribution is 5.62. The number of carboxylic acids is 1. The lowest BCUT2D eigenvalue weighted by Gasteiger charge is -2.37. The lowest BCUT2D eigenvalue weighted by atomic mass is 10.00. The molecule has 0 aromatic heterocycles. The van der Waals surface area contributed by atoms with Gasteiger partial charge in [0.1, 0.15) is 24.4 Å². The predicted molar refractivity (Wildman–Crippen MR) is 49.3 cm³/mol. The van der Waals surface area contributed by atoms with Crippen LogP contribution >= 0.6 is 0 Å². The molecule has 1 heterocycles. The van der Waals surface area contributed by atoms with Crippen LogP contribution in [-0.4, -0.2) is 73.9 Å². The Hall–Kier alpha value is -0.770. The lowest BCUT2D eigenvalue weighted by molar-refractivity contribution is -0.286. The van der Waals surface area contributed by atoms with Crippen molar-refractivity contribution in [3.05, 3.63) is 0 Å². The monoisotopic (exact) mass is 240 g/mol. The summed E-state index contributed by atoms with van der Waals surface area (Å²) in [7, 11) is 0. The average molecular weight is 240 g/mol. The van der Waals surface area contributed by atoms with Crippen LogP contribution in [0.5, 0.6) is 0 Å². The third-order valence-corrected chi connectivity index (χ3v) is 1.87. The van der Waals surface area contributed by atoms with Crippen LogP contribution in [0, 0.1) is 0 Å². The molecule has 1 rings (SSSR count). The van der Waals surface area contributed by atoms with Gasteiger partial charge in [-0.3, -0.25) is 4.79 Å². The fraction of sp³-hybridized carbons (Fsp3) is 0.875. The molecule has 0 aliphatic carbocycles. The zero-order chi connectivity index (χ0) is 12.9. The number of aliphatic carboxylic acids is 1. The maximum absolute atomic E-state index is 9.12. The Labute approximate surface area is 91.3 Å². The molecule has 8 nitrogen and oxygen atoms in total. The van der Waals surface area contributed by atoms with Crippen LogP contribution in [0.3, 0.4) is 0 Å². The number of rotatable bonds is 1. The van der Waals surface area contributed by atoms with Crippen molar-refractivity contribution in [2.45, 2.75) is 37.6 Å². The summed E-state index contributed by atoms with van der Waals surface area (Å²) in [6, 6.07) is 0. The predicted octanol–water partition coefficient (Wildman–Crippen LogP) is -3.13. The van der Waals surface area contributed by atoms with Gasteiger partial charge in [-0.1, -0.05) is 0 Å². The lowest BCUT2D eigenvalue weighted by Crippen LogP contribution is -2.58. The van der Waals surface area contributed by atoms with Crippen molar-refractivity contribution in [1.82, 2.24) is 0 Å². The van der Waals surface area contributed by atoms with E-state index < -0.39 is 43.3 Å². The zero-order valence-electron chi connectivity index (χ0n) is 8.59. The summed E-state index contributed by atoms with van der Waals surface area (Å²) in [6.45, 7) is 0.558. The van der Waals surface area contributed by atoms with Crippen molar-refractivity contribution in [2.24, 2.45) is 0 Å². The standard InChI is InChI=1S/C6H12O6.C2H4O2/c7-1-2-3(8)4(9)5(10)6(11)12-2;1-2(3)4/h2-11H,1H2;1H3,(H,3,4)/t2-,3+,4+,5-,6+;/m1./s1. The maximum atomic E-state index is 9.12. The molecule has 0 amide bonds. The van der Waals surface area contributed by atoms with Gasteiger partial charge in [-0.05, 0) is 0 Å². The Morgan fingerprint density at radius 3 is 1.94 bits per heavy atom. The van der Waals surface area contributed by atoms with E-state index in [1.807, 2.05) is 0 Å². The highest BCUT2D eigenvalue weighted by atomic mass is 16.6. The van der Waals surface area contributed by atoms with Crippen LogP contribution in [0.4, 0.5) is 0 Å². The summed E-state index contributed by atoms with van der Waals surface area (Å²) in [6.07, 6.45) is -7.04. The highest BCUT2D eigenvalue weighted by Crippen LogP contribution is 2.18. The molecule has 8 heteroatoms. The second kappa shape index (κ2) is 6.74. The molecule has 5 atom stereocenters. The Kier molecular flexibility index (Phi) is 6.41. The summed E-state index contributed by atoms with van der Waals surface area (Å²) in [5, 5.41) is 52.1. The Balaban J connectivity index is 0.000000487. The molecule has 0 aromatic rings. The fourth-order valence-corrected chi connectivity index (χ4v) is 1.08. The van der Waals surface area contributed by atoms with Crippen molar-refractivity contribution >= 4 is 5.97 Å². The van der Waals surface area contributed by atoms with E-state index in [-0.39, 0.29) is 0 Å². The number of hydrogen-bond donors (Lipinski definition) is 6. The normalized spacial score (nSPS) is 38.5. The van der Waals surface area contributed by atoms with E-state index >= 15 is 0 Å². The molecule has 6 N–H and O–H groups in total.